The summed E-state index contributed by atoms with van der Waals surface area (Å²) in [6.07, 6.45) is 0. The average molecular weight is 220 g/mol. The van der Waals surface area contributed by atoms with Crippen molar-refractivity contribution in [1.82, 2.24) is 0 Å². The minimum Gasteiger partial charge on any atom is -0.272 e. The highest BCUT2D eigenvalue weighted by molar-refractivity contribution is 6.14. The van der Waals surface area contributed by atoms with Crippen molar-refractivity contribution in [1.29, 1.82) is 0 Å². The van der Waals surface area contributed by atoms with Crippen LogP contribution in [-0.4, -0.2) is 11.6 Å². The first-order chi connectivity index (χ1) is 7.50. The number of benzene rings is 1. The van der Waals surface area contributed by atoms with Crippen LogP contribution in [0, 0.1) is 18.7 Å². The van der Waals surface area contributed by atoms with Crippen molar-refractivity contribution in [3.63, 3.8) is 0 Å². The van der Waals surface area contributed by atoms with Crippen molar-refractivity contribution in [3.05, 3.63) is 29.6 Å². The number of rotatable bonds is 1. The van der Waals surface area contributed by atoms with Crippen LogP contribution in [0.1, 0.15) is 19.4 Å². The molecule has 3 nitrogen and oxygen atoms in total. The molecule has 2 rings (SSSR count). The van der Waals surface area contributed by atoms with E-state index in [9.17, 15) is 9.18 Å². The summed E-state index contributed by atoms with van der Waals surface area (Å²) in [5.41, 5.74) is 2.14. The molecule has 1 aromatic carbocycles. The fourth-order valence-electron chi connectivity index (χ4n) is 1.68. The minimum absolute atomic E-state index is 0.0628. The van der Waals surface area contributed by atoms with E-state index in [2.05, 4.69) is 5.10 Å². The molecule has 0 radical (unpaired) electrons. The first-order valence-electron chi connectivity index (χ1n) is 5.16. The number of aryl methyl sites for hydroxylation is 1. The second-order valence-corrected chi connectivity index (χ2v) is 4.04. The molecule has 1 unspecified atom stereocenters. The van der Waals surface area contributed by atoms with Crippen LogP contribution in [0.3, 0.4) is 0 Å². The summed E-state index contributed by atoms with van der Waals surface area (Å²) in [5, 5.41) is 5.55. The maximum atomic E-state index is 12.9. The lowest BCUT2D eigenvalue weighted by molar-refractivity contribution is -0.119. The molecule has 4 heteroatoms. The van der Waals surface area contributed by atoms with Gasteiger partial charge in [0.2, 0.25) is 0 Å². The molecule has 1 aliphatic heterocycles. The SMILES string of the molecule is CC1=NN(c2ccc(F)cc2C)C(=O)C1C. The normalized spacial score (nSPS) is 20.2. The van der Waals surface area contributed by atoms with Gasteiger partial charge < -0.3 is 0 Å². The summed E-state index contributed by atoms with van der Waals surface area (Å²) in [5.74, 6) is -0.557. The molecule has 0 saturated heterocycles. The molecule has 1 amide bonds. The van der Waals surface area contributed by atoms with Crippen LogP contribution < -0.4 is 5.01 Å². The quantitative estimate of drug-likeness (QED) is 0.715. The lowest BCUT2D eigenvalue weighted by atomic mass is 10.1. The average Bonchev–Trinajstić information content (AvgIpc) is 2.46. The Bertz CT molecular complexity index is 482. The first-order valence-corrected chi connectivity index (χ1v) is 5.16. The Hall–Kier alpha value is -1.71. The molecule has 16 heavy (non-hydrogen) atoms. The Labute approximate surface area is 93.6 Å². The van der Waals surface area contributed by atoms with E-state index in [1.165, 1.54) is 17.1 Å². The molecule has 0 N–H and O–H groups in total. The van der Waals surface area contributed by atoms with E-state index in [-0.39, 0.29) is 17.6 Å². The summed E-state index contributed by atoms with van der Waals surface area (Å²) >= 11 is 0. The second-order valence-electron chi connectivity index (χ2n) is 4.04. The maximum Gasteiger partial charge on any atom is 0.255 e. The smallest absolute Gasteiger partial charge is 0.255 e. The van der Waals surface area contributed by atoms with E-state index in [0.29, 0.717) is 11.3 Å². The van der Waals surface area contributed by atoms with E-state index in [0.717, 1.165) is 5.71 Å². The van der Waals surface area contributed by atoms with Crippen molar-refractivity contribution in [2.75, 3.05) is 5.01 Å². The molecule has 1 atom stereocenters. The van der Waals surface area contributed by atoms with E-state index in [1.54, 1.807) is 13.0 Å². The number of carbonyl (C=O) groups excluding carboxylic acids is 1. The highest BCUT2D eigenvalue weighted by Crippen LogP contribution is 2.27. The van der Waals surface area contributed by atoms with Crippen LogP contribution in [0.25, 0.3) is 0 Å². The van der Waals surface area contributed by atoms with Crippen LogP contribution in [0.2, 0.25) is 0 Å². The molecule has 84 valence electrons. The minimum atomic E-state index is -0.304. The van der Waals surface area contributed by atoms with Gasteiger partial charge in [-0.2, -0.15) is 10.1 Å². The molecule has 0 bridgehead atoms. The Morgan fingerprint density at radius 1 is 1.38 bits per heavy atom. The highest BCUT2D eigenvalue weighted by Gasteiger charge is 2.31. The van der Waals surface area contributed by atoms with Crippen molar-refractivity contribution in [2.45, 2.75) is 20.8 Å². The van der Waals surface area contributed by atoms with Gasteiger partial charge in [0.1, 0.15) is 5.82 Å². The number of hydrogen-bond donors (Lipinski definition) is 0. The third kappa shape index (κ3) is 1.60. The van der Waals surface area contributed by atoms with Gasteiger partial charge in [-0.15, -0.1) is 0 Å². The lowest BCUT2D eigenvalue weighted by Gasteiger charge is -2.15. The number of nitrogens with zero attached hydrogens (tertiary/aromatic N) is 2. The number of halogens is 1. The largest absolute Gasteiger partial charge is 0.272 e. The zero-order chi connectivity index (χ0) is 11.9. The van der Waals surface area contributed by atoms with Gasteiger partial charge in [-0.25, -0.2) is 4.39 Å². The van der Waals surface area contributed by atoms with E-state index in [4.69, 9.17) is 0 Å². The van der Waals surface area contributed by atoms with E-state index >= 15 is 0 Å². The second kappa shape index (κ2) is 3.70. The van der Waals surface area contributed by atoms with Crippen molar-refractivity contribution in [3.8, 4) is 0 Å². The Morgan fingerprint density at radius 2 is 2.06 bits per heavy atom. The van der Waals surface area contributed by atoms with Crippen LogP contribution in [-0.2, 0) is 4.79 Å². The zero-order valence-electron chi connectivity index (χ0n) is 9.49. The number of anilines is 1. The fourth-order valence-corrected chi connectivity index (χ4v) is 1.68. The first kappa shape index (κ1) is 10.8. The topological polar surface area (TPSA) is 32.7 Å². The van der Waals surface area contributed by atoms with Gasteiger partial charge in [0.15, 0.2) is 0 Å². The molecule has 1 aliphatic rings. The summed E-state index contributed by atoms with van der Waals surface area (Å²) in [6, 6.07) is 4.32. The van der Waals surface area contributed by atoms with E-state index in [1.807, 2.05) is 13.8 Å². The van der Waals surface area contributed by atoms with Crippen LogP contribution in [0.5, 0.6) is 0 Å². The molecule has 0 aliphatic carbocycles. The fraction of sp³-hybridized carbons (Fsp3) is 0.333. The van der Waals surface area contributed by atoms with Gasteiger partial charge in [-0.3, -0.25) is 4.79 Å². The van der Waals surface area contributed by atoms with Crippen LogP contribution in [0.4, 0.5) is 10.1 Å². The lowest BCUT2D eigenvalue weighted by Crippen LogP contribution is -2.25. The van der Waals surface area contributed by atoms with Crippen LogP contribution >= 0.6 is 0 Å². The molecular formula is C12H13FN2O. The van der Waals surface area contributed by atoms with Crippen molar-refractivity contribution < 1.29 is 9.18 Å². The maximum absolute atomic E-state index is 12.9. The molecule has 0 fully saturated rings. The number of carbonyl (C=O) groups is 1. The number of hydrazone groups is 1. The van der Waals surface area contributed by atoms with Crippen molar-refractivity contribution in [2.24, 2.45) is 11.0 Å². The molecule has 1 aromatic rings. The summed E-state index contributed by atoms with van der Waals surface area (Å²) < 4.78 is 12.9. The third-order valence-electron chi connectivity index (χ3n) is 2.85. The standard InChI is InChI=1S/C12H13FN2O/c1-7-6-10(13)4-5-11(7)15-12(16)8(2)9(3)14-15/h4-6,8H,1-3H3. The predicted octanol–water partition coefficient (Wildman–Crippen LogP) is 2.49. The molecule has 0 saturated carbocycles. The highest BCUT2D eigenvalue weighted by atomic mass is 19.1. The van der Waals surface area contributed by atoms with Gasteiger partial charge in [0.25, 0.3) is 5.91 Å². The predicted molar refractivity (Wildman–Crippen MR) is 60.9 cm³/mol. The Morgan fingerprint density at radius 3 is 2.56 bits per heavy atom. The third-order valence-corrected chi connectivity index (χ3v) is 2.85. The summed E-state index contributed by atoms with van der Waals surface area (Å²) in [6.45, 7) is 5.40. The van der Waals surface area contributed by atoms with Crippen molar-refractivity contribution >= 4 is 17.3 Å². The molecule has 1 heterocycles. The van der Waals surface area contributed by atoms with E-state index < -0.39 is 0 Å². The molecule has 0 spiro atoms. The van der Waals surface area contributed by atoms with Gasteiger partial charge in [-0.05, 0) is 44.5 Å². The summed E-state index contributed by atoms with van der Waals surface area (Å²) in [4.78, 5) is 11.9. The zero-order valence-corrected chi connectivity index (χ0v) is 9.49. The Kier molecular flexibility index (Phi) is 2.50. The van der Waals surface area contributed by atoms with Gasteiger partial charge >= 0.3 is 0 Å². The van der Waals surface area contributed by atoms with Gasteiger partial charge in [0.05, 0.1) is 11.6 Å². The monoisotopic (exact) mass is 220 g/mol. The number of hydrogen-bond acceptors (Lipinski definition) is 2. The Balaban J connectivity index is 2.43. The van der Waals surface area contributed by atoms with Crippen LogP contribution in [0.15, 0.2) is 23.3 Å². The van der Waals surface area contributed by atoms with Gasteiger partial charge in [0, 0.05) is 5.71 Å². The number of amides is 1. The van der Waals surface area contributed by atoms with Gasteiger partial charge in [-0.1, -0.05) is 0 Å². The molecule has 0 aromatic heterocycles. The summed E-state index contributed by atoms with van der Waals surface area (Å²) in [7, 11) is 0. The molecular weight excluding hydrogens is 207 g/mol.